The second-order valence-corrected chi connectivity index (χ2v) is 4.24. The quantitative estimate of drug-likeness (QED) is 0.558. The van der Waals surface area contributed by atoms with E-state index in [2.05, 4.69) is 35.5 Å². The molecule has 0 aliphatic heterocycles. The minimum atomic E-state index is 0.554. The molecular weight excluding hydrogens is 198 g/mol. The van der Waals surface area contributed by atoms with Gasteiger partial charge in [0.2, 0.25) is 0 Å². The smallest absolute Gasteiger partial charge is 0.142 e. The summed E-state index contributed by atoms with van der Waals surface area (Å²) in [5.74, 6) is 0. The Bertz CT molecular complexity index is 428. The van der Waals surface area contributed by atoms with E-state index in [0.717, 1.165) is 18.6 Å². The molecule has 0 radical (unpaired) electrons. The van der Waals surface area contributed by atoms with E-state index in [-0.39, 0.29) is 0 Å². The van der Waals surface area contributed by atoms with Crippen LogP contribution in [-0.2, 0) is 17.9 Å². The zero-order chi connectivity index (χ0) is 11.4. The predicted molar refractivity (Wildman–Crippen MR) is 67.4 cm³/mol. The highest BCUT2D eigenvalue weighted by molar-refractivity contribution is 5.78. The minimum absolute atomic E-state index is 0.554. The average Bonchev–Trinajstić information content (AvgIpc) is 2.29. The van der Waals surface area contributed by atoms with Crippen molar-refractivity contribution in [1.82, 2.24) is 0 Å². The first kappa shape index (κ1) is 10.9. The van der Waals surface area contributed by atoms with Crippen LogP contribution in [0, 0.1) is 0 Å². The van der Waals surface area contributed by atoms with Gasteiger partial charge in [-0.1, -0.05) is 35.5 Å². The predicted octanol–water partition coefficient (Wildman–Crippen LogP) is 3.56. The summed E-state index contributed by atoms with van der Waals surface area (Å²) in [6.45, 7) is 4.42. The number of fused-ring (bicyclic) bond motifs is 1. The van der Waals surface area contributed by atoms with Crippen LogP contribution in [0.15, 0.2) is 29.4 Å². The molecule has 0 heterocycles. The van der Waals surface area contributed by atoms with Crippen molar-refractivity contribution in [3.63, 3.8) is 0 Å². The van der Waals surface area contributed by atoms with E-state index in [1.807, 2.05) is 13.8 Å². The summed E-state index contributed by atoms with van der Waals surface area (Å²) in [6, 6.07) is 6.39. The van der Waals surface area contributed by atoms with Crippen LogP contribution >= 0.6 is 0 Å². The van der Waals surface area contributed by atoms with Crippen molar-refractivity contribution in [3.8, 4) is 0 Å². The van der Waals surface area contributed by atoms with Crippen LogP contribution in [0.1, 0.15) is 37.0 Å². The molecule has 84 valence electrons. The average molecular weight is 215 g/mol. The van der Waals surface area contributed by atoms with Gasteiger partial charge in [0.1, 0.15) is 6.61 Å². The van der Waals surface area contributed by atoms with Crippen molar-refractivity contribution < 1.29 is 4.84 Å². The van der Waals surface area contributed by atoms with Crippen LogP contribution in [0.3, 0.4) is 0 Å². The SMILES string of the molecule is CC(C)=NOCc1cccc2c1C=CCC2. The molecule has 0 unspecified atom stereocenters. The molecule has 2 rings (SSSR count). The lowest BCUT2D eigenvalue weighted by Gasteiger charge is -2.14. The highest BCUT2D eigenvalue weighted by atomic mass is 16.6. The van der Waals surface area contributed by atoms with Gasteiger partial charge in [-0.3, -0.25) is 0 Å². The normalized spacial score (nSPS) is 13.1. The van der Waals surface area contributed by atoms with Crippen LogP contribution in [0.25, 0.3) is 6.08 Å². The topological polar surface area (TPSA) is 21.6 Å². The van der Waals surface area contributed by atoms with Gasteiger partial charge in [0.15, 0.2) is 0 Å². The summed E-state index contributed by atoms with van der Waals surface area (Å²) >= 11 is 0. The maximum absolute atomic E-state index is 5.30. The Morgan fingerprint density at radius 3 is 3.06 bits per heavy atom. The Balaban J connectivity index is 2.16. The fourth-order valence-corrected chi connectivity index (χ4v) is 1.90. The molecule has 0 amide bonds. The Kier molecular flexibility index (Phi) is 3.40. The molecule has 0 aromatic heterocycles. The van der Waals surface area contributed by atoms with Gasteiger partial charge in [0.25, 0.3) is 0 Å². The van der Waals surface area contributed by atoms with Gasteiger partial charge in [-0.05, 0) is 43.4 Å². The molecule has 1 aromatic carbocycles. The van der Waals surface area contributed by atoms with Crippen molar-refractivity contribution in [3.05, 3.63) is 41.0 Å². The van der Waals surface area contributed by atoms with Gasteiger partial charge in [0.05, 0.1) is 5.71 Å². The summed E-state index contributed by atoms with van der Waals surface area (Å²) in [6.07, 6.45) is 6.69. The first-order chi connectivity index (χ1) is 7.77. The van der Waals surface area contributed by atoms with Crippen molar-refractivity contribution in [2.24, 2.45) is 5.16 Å². The number of hydrogen-bond acceptors (Lipinski definition) is 2. The first-order valence-corrected chi connectivity index (χ1v) is 5.68. The number of oxime groups is 1. The third-order valence-electron chi connectivity index (χ3n) is 2.62. The zero-order valence-electron chi connectivity index (χ0n) is 9.86. The van der Waals surface area contributed by atoms with Gasteiger partial charge >= 0.3 is 0 Å². The highest BCUT2D eigenvalue weighted by Crippen LogP contribution is 2.23. The molecule has 16 heavy (non-hydrogen) atoms. The molecular formula is C14H17NO. The van der Waals surface area contributed by atoms with Gasteiger partial charge in [0, 0.05) is 0 Å². The molecule has 1 aliphatic rings. The standard InChI is InChI=1S/C14H17NO/c1-11(2)15-16-10-13-8-5-7-12-6-3-4-9-14(12)13/h4-5,7-9H,3,6,10H2,1-2H3. The number of hydrogen-bond donors (Lipinski definition) is 0. The van der Waals surface area contributed by atoms with Crippen LogP contribution in [0.5, 0.6) is 0 Å². The molecule has 2 nitrogen and oxygen atoms in total. The Morgan fingerprint density at radius 2 is 2.25 bits per heavy atom. The lowest BCUT2D eigenvalue weighted by Crippen LogP contribution is -2.00. The van der Waals surface area contributed by atoms with E-state index in [0.29, 0.717) is 6.61 Å². The van der Waals surface area contributed by atoms with E-state index in [4.69, 9.17) is 4.84 Å². The maximum atomic E-state index is 5.30. The zero-order valence-corrected chi connectivity index (χ0v) is 9.86. The number of nitrogens with zero attached hydrogens (tertiary/aromatic N) is 1. The third-order valence-corrected chi connectivity index (χ3v) is 2.62. The van der Waals surface area contributed by atoms with Gasteiger partial charge in [-0.2, -0.15) is 0 Å². The number of rotatable bonds is 3. The molecule has 2 heteroatoms. The van der Waals surface area contributed by atoms with E-state index in [1.54, 1.807) is 0 Å². The lowest BCUT2D eigenvalue weighted by molar-refractivity contribution is 0.130. The van der Waals surface area contributed by atoms with Crippen LogP contribution < -0.4 is 0 Å². The summed E-state index contributed by atoms with van der Waals surface area (Å²) in [7, 11) is 0. The summed E-state index contributed by atoms with van der Waals surface area (Å²) in [5.41, 5.74) is 4.90. The number of aryl methyl sites for hydroxylation is 1. The van der Waals surface area contributed by atoms with Gasteiger partial charge < -0.3 is 4.84 Å². The van der Waals surface area contributed by atoms with Crippen molar-refractivity contribution >= 4 is 11.8 Å². The second-order valence-electron chi connectivity index (χ2n) is 4.24. The molecule has 0 saturated carbocycles. The van der Waals surface area contributed by atoms with E-state index in [9.17, 15) is 0 Å². The second kappa shape index (κ2) is 4.97. The van der Waals surface area contributed by atoms with Crippen LogP contribution in [0.4, 0.5) is 0 Å². The maximum Gasteiger partial charge on any atom is 0.142 e. The summed E-state index contributed by atoms with van der Waals surface area (Å²) in [4.78, 5) is 5.30. The molecule has 1 aromatic rings. The minimum Gasteiger partial charge on any atom is -0.391 e. The summed E-state index contributed by atoms with van der Waals surface area (Å²) in [5, 5.41) is 3.96. The molecule has 0 fully saturated rings. The molecule has 1 aliphatic carbocycles. The van der Waals surface area contributed by atoms with Crippen LogP contribution in [-0.4, -0.2) is 5.71 Å². The Hall–Kier alpha value is -1.57. The van der Waals surface area contributed by atoms with E-state index < -0.39 is 0 Å². The molecule has 0 N–H and O–H groups in total. The van der Waals surface area contributed by atoms with Gasteiger partial charge in [-0.15, -0.1) is 0 Å². The molecule has 0 spiro atoms. The Morgan fingerprint density at radius 1 is 1.38 bits per heavy atom. The van der Waals surface area contributed by atoms with E-state index in [1.165, 1.54) is 16.7 Å². The number of benzene rings is 1. The highest BCUT2D eigenvalue weighted by Gasteiger charge is 2.08. The van der Waals surface area contributed by atoms with Crippen molar-refractivity contribution in [1.29, 1.82) is 0 Å². The molecule has 0 saturated heterocycles. The fraction of sp³-hybridized carbons (Fsp3) is 0.357. The monoisotopic (exact) mass is 215 g/mol. The number of allylic oxidation sites excluding steroid dienone is 1. The van der Waals surface area contributed by atoms with Crippen LogP contribution in [0.2, 0.25) is 0 Å². The van der Waals surface area contributed by atoms with E-state index >= 15 is 0 Å². The largest absolute Gasteiger partial charge is 0.391 e. The fourth-order valence-electron chi connectivity index (χ4n) is 1.90. The summed E-state index contributed by atoms with van der Waals surface area (Å²) < 4.78 is 0. The lowest BCUT2D eigenvalue weighted by atomic mass is 9.93. The van der Waals surface area contributed by atoms with Crippen molar-refractivity contribution in [2.45, 2.75) is 33.3 Å². The van der Waals surface area contributed by atoms with Gasteiger partial charge in [-0.25, -0.2) is 0 Å². The first-order valence-electron chi connectivity index (χ1n) is 5.68. The third kappa shape index (κ3) is 2.51. The Labute approximate surface area is 96.6 Å². The van der Waals surface area contributed by atoms with Crippen molar-refractivity contribution in [2.75, 3.05) is 0 Å². The molecule has 0 bridgehead atoms. The molecule has 0 atom stereocenters.